The Labute approximate surface area is 109 Å². The van der Waals surface area contributed by atoms with E-state index in [1.807, 2.05) is 18.2 Å². The molecule has 1 atom stereocenters. The van der Waals surface area contributed by atoms with Crippen molar-refractivity contribution in [1.29, 1.82) is 5.26 Å². The van der Waals surface area contributed by atoms with Crippen molar-refractivity contribution >= 4 is 5.69 Å². The van der Waals surface area contributed by atoms with Crippen molar-refractivity contribution in [1.82, 2.24) is 4.90 Å². The van der Waals surface area contributed by atoms with E-state index in [4.69, 9.17) is 5.26 Å². The highest BCUT2D eigenvalue weighted by atomic mass is 15.1. The zero-order valence-corrected chi connectivity index (χ0v) is 11.2. The highest BCUT2D eigenvalue weighted by molar-refractivity contribution is 5.55. The van der Waals surface area contributed by atoms with Crippen molar-refractivity contribution in [3.05, 3.63) is 29.3 Å². The average molecular weight is 243 g/mol. The lowest BCUT2D eigenvalue weighted by Crippen LogP contribution is -2.35. The monoisotopic (exact) mass is 243 g/mol. The molecular formula is C15H21N3. The van der Waals surface area contributed by atoms with Crippen molar-refractivity contribution < 1.29 is 0 Å². The number of hydrogen-bond donors (Lipinski definition) is 1. The molecule has 0 saturated carbocycles. The van der Waals surface area contributed by atoms with Gasteiger partial charge in [0.05, 0.1) is 11.6 Å². The van der Waals surface area contributed by atoms with Gasteiger partial charge in [-0.2, -0.15) is 5.26 Å². The van der Waals surface area contributed by atoms with Gasteiger partial charge in [-0.3, -0.25) is 0 Å². The Morgan fingerprint density at radius 3 is 3.06 bits per heavy atom. The van der Waals surface area contributed by atoms with Crippen LogP contribution in [0.3, 0.4) is 0 Å². The molecule has 0 aliphatic carbocycles. The van der Waals surface area contributed by atoms with Crippen LogP contribution in [-0.4, -0.2) is 31.6 Å². The van der Waals surface area contributed by atoms with E-state index in [9.17, 15) is 0 Å². The molecule has 96 valence electrons. The summed E-state index contributed by atoms with van der Waals surface area (Å²) in [4.78, 5) is 2.40. The van der Waals surface area contributed by atoms with Crippen LogP contribution in [0.5, 0.6) is 0 Å². The Kier molecular flexibility index (Phi) is 4.22. The van der Waals surface area contributed by atoms with Gasteiger partial charge in [0, 0.05) is 18.8 Å². The summed E-state index contributed by atoms with van der Waals surface area (Å²) in [6.45, 7) is 5.47. The lowest BCUT2D eigenvalue weighted by Gasteiger charge is -2.30. The van der Waals surface area contributed by atoms with E-state index in [0.29, 0.717) is 5.92 Å². The van der Waals surface area contributed by atoms with E-state index in [1.54, 1.807) is 0 Å². The highest BCUT2D eigenvalue weighted by Gasteiger charge is 2.16. The largest absolute Gasteiger partial charge is 0.384 e. The molecule has 1 aliphatic heterocycles. The van der Waals surface area contributed by atoms with E-state index < -0.39 is 0 Å². The third-order valence-corrected chi connectivity index (χ3v) is 3.67. The van der Waals surface area contributed by atoms with Crippen molar-refractivity contribution in [2.24, 2.45) is 5.92 Å². The van der Waals surface area contributed by atoms with Crippen LogP contribution >= 0.6 is 0 Å². The van der Waals surface area contributed by atoms with Crippen LogP contribution in [0.4, 0.5) is 5.69 Å². The molecule has 1 fully saturated rings. The molecule has 18 heavy (non-hydrogen) atoms. The van der Waals surface area contributed by atoms with Crippen LogP contribution in [-0.2, 0) is 0 Å². The number of nitrogens with zero attached hydrogens (tertiary/aromatic N) is 2. The lowest BCUT2D eigenvalue weighted by molar-refractivity contribution is 0.217. The maximum atomic E-state index is 8.92. The summed E-state index contributed by atoms with van der Waals surface area (Å²) in [6.07, 6.45) is 2.59. The third kappa shape index (κ3) is 3.24. The Balaban J connectivity index is 1.95. The lowest BCUT2D eigenvalue weighted by atomic mass is 9.98. The Hall–Kier alpha value is -1.53. The average Bonchev–Trinajstić information content (AvgIpc) is 2.38. The molecule has 0 bridgehead atoms. The number of benzene rings is 1. The minimum absolute atomic E-state index is 0.717. The van der Waals surface area contributed by atoms with Gasteiger partial charge in [-0.25, -0.2) is 0 Å². The Bertz CT molecular complexity index is 448. The fraction of sp³-hybridized carbons (Fsp3) is 0.533. The maximum absolute atomic E-state index is 8.92. The molecular weight excluding hydrogens is 222 g/mol. The molecule has 3 heteroatoms. The molecule has 1 aromatic rings. The van der Waals surface area contributed by atoms with E-state index in [0.717, 1.165) is 17.8 Å². The molecule has 1 N–H and O–H groups in total. The number of anilines is 1. The van der Waals surface area contributed by atoms with Gasteiger partial charge in [0.2, 0.25) is 0 Å². The molecule has 3 nitrogen and oxygen atoms in total. The molecule has 0 aromatic heterocycles. The first-order chi connectivity index (χ1) is 8.69. The fourth-order valence-corrected chi connectivity index (χ4v) is 2.58. The second-order valence-corrected chi connectivity index (χ2v) is 5.29. The van der Waals surface area contributed by atoms with E-state index in [2.05, 4.69) is 30.3 Å². The van der Waals surface area contributed by atoms with E-state index in [-0.39, 0.29) is 0 Å². The van der Waals surface area contributed by atoms with Crippen molar-refractivity contribution in [3.8, 4) is 6.07 Å². The van der Waals surface area contributed by atoms with Gasteiger partial charge in [0.25, 0.3) is 0 Å². The van der Waals surface area contributed by atoms with Gasteiger partial charge in [0.15, 0.2) is 0 Å². The normalized spacial score (nSPS) is 20.4. The predicted molar refractivity (Wildman–Crippen MR) is 74.6 cm³/mol. The number of nitriles is 1. The molecule has 0 spiro atoms. The van der Waals surface area contributed by atoms with Gasteiger partial charge >= 0.3 is 0 Å². The number of rotatable bonds is 3. The van der Waals surface area contributed by atoms with Crippen molar-refractivity contribution in [2.75, 3.05) is 32.0 Å². The fourth-order valence-electron chi connectivity index (χ4n) is 2.58. The summed E-state index contributed by atoms with van der Waals surface area (Å²) in [5.41, 5.74) is 3.03. The van der Waals surface area contributed by atoms with E-state index >= 15 is 0 Å². The number of aryl methyl sites for hydroxylation is 1. The summed E-state index contributed by atoms with van der Waals surface area (Å²) >= 11 is 0. The van der Waals surface area contributed by atoms with Crippen molar-refractivity contribution in [2.45, 2.75) is 19.8 Å². The molecule has 1 aromatic carbocycles. The molecule has 1 unspecified atom stereocenters. The summed E-state index contributed by atoms with van der Waals surface area (Å²) in [6, 6.07) is 8.02. The molecule has 2 rings (SSSR count). The molecule has 0 amide bonds. The minimum Gasteiger partial charge on any atom is -0.384 e. The molecule has 0 radical (unpaired) electrons. The first kappa shape index (κ1) is 12.9. The summed E-state index contributed by atoms with van der Waals surface area (Å²) in [7, 11) is 2.19. The smallest absolute Gasteiger partial charge is 0.0992 e. The van der Waals surface area contributed by atoms with Gasteiger partial charge in [-0.15, -0.1) is 0 Å². The number of hydrogen-bond acceptors (Lipinski definition) is 3. The Morgan fingerprint density at radius 1 is 1.50 bits per heavy atom. The second kappa shape index (κ2) is 5.88. The van der Waals surface area contributed by atoms with E-state index in [1.165, 1.54) is 31.5 Å². The number of piperidine rings is 1. The summed E-state index contributed by atoms with van der Waals surface area (Å²) < 4.78 is 0. The summed E-state index contributed by atoms with van der Waals surface area (Å²) in [5.74, 6) is 0.717. The zero-order chi connectivity index (χ0) is 13.0. The van der Waals surface area contributed by atoms with Crippen LogP contribution in [0.2, 0.25) is 0 Å². The summed E-state index contributed by atoms with van der Waals surface area (Å²) in [5, 5.41) is 12.4. The number of likely N-dealkylation sites (tertiary alicyclic amines) is 1. The first-order valence-electron chi connectivity index (χ1n) is 6.62. The molecule has 1 heterocycles. The third-order valence-electron chi connectivity index (χ3n) is 3.67. The first-order valence-corrected chi connectivity index (χ1v) is 6.62. The van der Waals surface area contributed by atoms with Crippen LogP contribution < -0.4 is 5.32 Å². The Morgan fingerprint density at radius 2 is 2.33 bits per heavy atom. The highest BCUT2D eigenvalue weighted by Crippen LogP contribution is 2.19. The van der Waals surface area contributed by atoms with Crippen LogP contribution in [0.25, 0.3) is 0 Å². The van der Waals surface area contributed by atoms with Gasteiger partial charge in [-0.05, 0) is 57.0 Å². The molecule has 1 aliphatic rings. The zero-order valence-electron chi connectivity index (χ0n) is 11.2. The van der Waals surface area contributed by atoms with Crippen LogP contribution in [0.1, 0.15) is 24.0 Å². The van der Waals surface area contributed by atoms with Crippen LogP contribution in [0.15, 0.2) is 18.2 Å². The SMILES string of the molecule is Cc1ccc(C#N)cc1NCC1CCCN(C)C1. The van der Waals surface area contributed by atoms with Gasteiger partial charge < -0.3 is 10.2 Å². The van der Waals surface area contributed by atoms with Gasteiger partial charge in [0.1, 0.15) is 0 Å². The minimum atomic E-state index is 0.717. The van der Waals surface area contributed by atoms with Crippen molar-refractivity contribution in [3.63, 3.8) is 0 Å². The second-order valence-electron chi connectivity index (χ2n) is 5.29. The van der Waals surface area contributed by atoms with Crippen LogP contribution in [0, 0.1) is 24.2 Å². The topological polar surface area (TPSA) is 39.1 Å². The standard InChI is InChI=1S/C15H21N3/c1-12-5-6-13(9-16)8-15(12)17-10-14-4-3-7-18(2)11-14/h5-6,8,14,17H,3-4,7,10-11H2,1-2H3. The predicted octanol–water partition coefficient (Wildman–Crippen LogP) is 2.62. The van der Waals surface area contributed by atoms with Gasteiger partial charge in [-0.1, -0.05) is 6.07 Å². The molecule has 1 saturated heterocycles. The number of nitrogens with one attached hydrogen (secondary N) is 1. The quantitative estimate of drug-likeness (QED) is 0.887. The maximum Gasteiger partial charge on any atom is 0.0992 e.